The SMILES string of the molecule is Cc1nn(C(C)C)c(=O)c2cc3n(c12)C(C)CNC3=O. The van der Waals surface area contributed by atoms with Crippen LogP contribution in [0.4, 0.5) is 0 Å². The number of carbonyl (C=O) groups excluding carboxylic acids is 1. The lowest BCUT2D eigenvalue weighted by atomic mass is 10.2. The Balaban J connectivity index is 2.45. The second-order valence-corrected chi connectivity index (χ2v) is 5.65. The molecule has 106 valence electrons. The van der Waals surface area contributed by atoms with Crippen molar-refractivity contribution >= 4 is 16.8 Å². The van der Waals surface area contributed by atoms with Gasteiger partial charge in [0.15, 0.2) is 0 Å². The molecule has 0 saturated carbocycles. The number of nitrogens with one attached hydrogen (secondary N) is 1. The van der Waals surface area contributed by atoms with E-state index in [1.54, 1.807) is 6.07 Å². The van der Waals surface area contributed by atoms with Crippen LogP contribution in [-0.4, -0.2) is 26.8 Å². The molecule has 3 rings (SSSR count). The zero-order valence-corrected chi connectivity index (χ0v) is 12.1. The highest BCUT2D eigenvalue weighted by atomic mass is 16.2. The van der Waals surface area contributed by atoms with Crippen molar-refractivity contribution in [2.45, 2.75) is 39.8 Å². The van der Waals surface area contributed by atoms with Gasteiger partial charge in [0.2, 0.25) is 0 Å². The molecular weight excluding hydrogens is 256 g/mol. The largest absolute Gasteiger partial charge is 0.349 e. The maximum absolute atomic E-state index is 12.5. The lowest BCUT2D eigenvalue weighted by Gasteiger charge is -2.24. The minimum atomic E-state index is -0.137. The molecule has 1 aliphatic rings. The van der Waals surface area contributed by atoms with Crippen molar-refractivity contribution in [2.75, 3.05) is 6.54 Å². The second-order valence-electron chi connectivity index (χ2n) is 5.65. The van der Waals surface area contributed by atoms with E-state index in [1.165, 1.54) is 4.68 Å². The van der Waals surface area contributed by atoms with Gasteiger partial charge in [0.1, 0.15) is 5.69 Å². The molecule has 0 saturated heterocycles. The minimum Gasteiger partial charge on any atom is -0.349 e. The first-order chi connectivity index (χ1) is 9.41. The van der Waals surface area contributed by atoms with Crippen molar-refractivity contribution in [3.05, 3.63) is 27.8 Å². The third-order valence-electron chi connectivity index (χ3n) is 3.80. The fourth-order valence-corrected chi connectivity index (χ4v) is 2.84. The van der Waals surface area contributed by atoms with Crippen LogP contribution in [0.25, 0.3) is 10.9 Å². The molecule has 6 heteroatoms. The number of nitrogens with zero attached hydrogens (tertiary/aromatic N) is 3. The molecule has 0 fully saturated rings. The first kappa shape index (κ1) is 12.9. The summed E-state index contributed by atoms with van der Waals surface area (Å²) >= 11 is 0. The van der Waals surface area contributed by atoms with Gasteiger partial charge in [-0.1, -0.05) is 0 Å². The van der Waals surface area contributed by atoms with Crippen LogP contribution in [0.15, 0.2) is 10.9 Å². The molecule has 1 aliphatic heterocycles. The summed E-state index contributed by atoms with van der Waals surface area (Å²) in [6, 6.07) is 1.81. The van der Waals surface area contributed by atoms with Gasteiger partial charge in [-0.05, 0) is 33.8 Å². The number of hydrogen-bond acceptors (Lipinski definition) is 3. The molecule has 0 spiro atoms. The van der Waals surface area contributed by atoms with Crippen LogP contribution in [0.2, 0.25) is 0 Å². The minimum absolute atomic E-state index is 0.00576. The van der Waals surface area contributed by atoms with E-state index in [2.05, 4.69) is 10.4 Å². The van der Waals surface area contributed by atoms with Gasteiger partial charge in [0, 0.05) is 12.6 Å². The van der Waals surface area contributed by atoms with Gasteiger partial charge in [-0.25, -0.2) is 4.68 Å². The molecule has 20 heavy (non-hydrogen) atoms. The Bertz CT molecular complexity index is 770. The van der Waals surface area contributed by atoms with Crippen molar-refractivity contribution < 1.29 is 4.79 Å². The summed E-state index contributed by atoms with van der Waals surface area (Å²) in [6.45, 7) is 8.32. The van der Waals surface area contributed by atoms with Crippen LogP contribution < -0.4 is 10.9 Å². The van der Waals surface area contributed by atoms with Crippen LogP contribution in [0.1, 0.15) is 49.0 Å². The third kappa shape index (κ3) is 1.60. The predicted molar refractivity (Wildman–Crippen MR) is 76.2 cm³/mol. The predicted octanol–water partition coefficient (Wildman–Crippen LogP) is 1.39. The Morgan fingerprint density at radius 2 is 2.10 bits per heavy atom. The maximum Gasteiger partial charge on any atom is 0.276 e. The molecule has 1 atom stereocenters. The maximum atomic E-state index is 12.5. The van der Waals surface area contributed by atoms with Gasteiger partial charge in [-0.2, -0.15) is 5.10 Å². The summed E-state index contributed by atoms with van der Waals surface area (Å²) in [5.74, 6) is -0.130. The average Bonchev–Trinajstić information content (AvgIpc) is 2.80. The summed E-state index contributed by atoms with van der Waals surface area (Å²) < 4.78 is 3.41. The van der Waals surface area contributed by atoms with Crippen LogP contribution in [0, 0.1) is 6.92 Å². The highest BCUT2D eigenvalue weighted by Gasteiger charge is 2.27. The zero-order valence-electron chi connectivity index (χ0n) is 12.1. The summed E-state index contributed by atoms with van der Waals surface area (Å²) in [7, 11) is 0. The fraction of sp³-hybridized carbons (Fsp3) is 0.500. The Hall–Kier alpha value is -2.11. The average molecular weight is 274 g/mol. The van der Waals surface area contributed by atoms with Crippen molar-refractivity contribution in [1.29, 1.82) is 0 Å². The number of rotatable bonds is 1. The van der Waals surface area contributed by atoms with Crippen LogP contribution in [0.3, 0.4) is 0 Å². The van der Waals surface area contributed by atoms with Crippen LogP contribution in [0.5, 0.6) is 0 Å². The first-order valence-corrected chi connectivity index (χ1v) is 6.84. The summed E-state index contributed by atoms with van der Waals surface area (Å²) in [6.07, 6.45) is 0. The van der Waals surface area contributed by atoms with Gasteiger partial charge in [0.25, 0.3) is 11.5 Å². The van der Waals surface area contributed by atoms with Crippen LogP contribution >= 0.6 is 0 Å². The van der Waals surface area contributed by atoms with E-state index in [9.17, 15) is 9.59 Å². The molecule has 2 aromatic rings. The van der Waals surface area contributed by atoms with E-state index >= 15 is 0 Å². The first-order valence-electron chi connectivity index (χ1n) is 6.84. The molecule has 0 aliphatic carbocycles. The van der Waals surface area contributed by atoms with E-state index in [0.717, 1.165) is 11.2 Å². The van der Waals surface area contributed by atoms with E-state index in [4.69, 9.17) is 0 Å². The summed E-state index contributed by atoms with van der Waals surface area (Å²) in [5.41, 5.74) is 1.97. The highest BCUT2D eigenvalue weighted by molar-refractivity contribution is 5.99. The van der Waals surface area contributed by atoms with Crippen molar-refractivity contribution in [2.24, 2.45) is 0 Å². The van der Waals surface area contributed by atoms with Crippen molar-refractivity contribution in [1.82, 2.24) is 19.7 Å². The Kier molecular flexibility index (Phi) is 2.70. The molecule has 0 aromatic carbocycles. The molecule has 6 nitrogen and oxygen atoms in total. The summed E-state index contributed by atoms with van der Waals surface area (Å²) in [4.78, 5) is 24.5. The van der Waals surface area contributed by atoms with Crippen LogP contribution in [-0.2, 0) is 0 Å². The highest BCUT2D eigenvalue weighted by Crippen LogP contribution is 2.26. The standard InChI is InChI=1S/C14H18N4O2/c1-7(2)18-14(20)10-5-11-13(19)15-6-8(3)17(11)12(10)9(4)16-18/h5,7-8H,6H2,1-4H3,(H,15,19). The van der Waals surface area contributed by atoms with Gasteiger partial charge < -0.3 is 9.88 Å². The second kappa shape index (κ2) is 4.19. The van der Waals surface area contributed by atoms with Crippen molar-refractivity contribution in [3.8, 4) is 0 Å². The van der Waals surface area contributed by atoms with E-state index in [0.29, 0.717) is 17.6 Å². The van der Waals surface area contributed by atoms with Gasteiger partial charge in [0.05, 0.1) is 22.6 Å². The van der Waals surface area contributed by atoms with E-state index < -0.39 is 0 Å². The summed E-state index contributed by atoms with van der Waals surface area (Å²) in [5, 5.41) is 7.80. The topological polar surface area (TPSA) is 68.9 Å². The molecule has 0 radical (unpaired) electrons. The van der Waals surface area contributed by atoms with Gasteiger partial charge in [-0.15, -0.1) is 0 Å². The van der Waals surface area contributed by atoms with Gasteiger partial charge in [-0.3, -0.25) is 9.59 Å². The van der Waals surface area contributed by atoms with Gasteiger partial charge >= 0.3 is 0 Å². The molecule has 1 unspecified atom stereocenters. The Morgan fingerprint density at radius 3 is 2.75 bits per heavy atom. The fourth-order valence-electron chi connectivity index (χ4n) is 2.84. The number of fused-ring (bicyclic) bond motifs is 3. The zero-order chi connectivity index (χ0) is 14.6. The lowest BCUT2D eigenvalue weighted by Crippen LogP contribution is -2.37. The number of aryl methyl sites for hydroxylation is 1. The van der Waals surface area contributed by atoms with E-state index in [-0.39, 0.29) is 23.6 Å². The third-order valence-corrected chi connectivity index (χ3v) is 3.80. The smallest absolute Gasteiger partial charge is 0.276 e. The number of carbonyl (C=O) groups is 1. The number of amides is 1. The Labute approximate surface area is 116 Å². The Morgan fingerprint density at radius 1 is 1.40 bits per heavy atom. The molecular formula is C14H18N4O2. The molecule has 1 N–H and O–H groups in total. The molecule has 2 aromatic heterocycles. The molecule has 0 bridgehead atoms. The quantitative estimate of drug-likeness (QED) is 0.854. The van der Waals surface area contributed by atoms with E-state index in [1.807, 2.05) is 32.3 Å². The molecule has 1 amide bonds. The number of aromatic nitrogens is 3. The monoisotopic (exact) mass is 274 g/mol. The normalized spacial score (nSPS) is 18.4. The number of hydrogen-bond donors (Lipinski definition) is 1. The molecule has 3 heterocycles. The lowest BCUT2D eigenvalue weighted by molar-refractivity contribution is 0.0919. The van der Waals surface area contributed by atoms with Crippen molar-refractivity contribution in [3.63, 3.8) is 0 Å².